The molecule has 0 aliphatic rings. The van der Waals surface area contributed by atoms with Crippen molar-refractivity contribution in [2.45, 2.75) is 13.3 Å². The average molecular weight is 377 g/mol. The van der Waals surface area contributed by atoms with Crippen LogP contribution in [0.25, 0.3) is 10.8 Å². The van der Waals surface area contributed by atoms with Gasteiger partial charge in [0.25, 0.3) is 5.91 Å². The number of rotatable bonds is 4. The van der Waals surface area contributed by atoms with Gasteiger partial charge in [0.05, 0.1) is 5.69 Å². The number of aromatic nitrogens is 2. The second-order valence-corrected chi connectivity index (χ2v) is 7.25. The number of aryl methyl sites for hydroxylation is 1. The Labute approximate surface area is 159 Å². The second-order valence-electron chi connectivity index (χ2n) is 6.17. The van der Waals surface area contributed by atoms with Gasteiger partial charge in [-0.3, -0.25) is 15.1 Å². The Morgan fingerprint density at radius 3 is 2.70 bits per heavy atom. The van der Waals surface area contributed by atoms with Crippen molar-refractivity contribution < 1.29 is 9.18 Å². The Bertz CT molecular complexity index is 1120. The van der Waals surface area contributed by atoms with Crippen molar-refractivity contribution in [3.05, 3.63) is 88.4 Å². The van der Waals surface area contributed by atoms with Gasteiger partial charge in [-0.2, -0.15) is 0 Å². The van der Waals surface area contributed by atoms with Crippen LogP contribution in [-0.2, 0) is 6.42 Å². The summed E-state index contributed by atoms with van der Waals surface area (Å²) < 4.78 is 13.1. The van der Waals surface area contributed by atoms with E-state index in [-0.39, 0.29) is 11.7 Å². The summed E-state index contributed by atoms with van der Waals surface area (Å²) in [6.07, 6.45) is 2.27. The van der Waals surface area contributed by atoms with Gasteiger partial charge in [-0.25, -0.2) is 9.37 Å². The van der Waals surface area contributed by atoms with Crippen molar-refractivity contribution in [2.24, 2.45) is 0 Å². The van der Waals surface area contributed by atoms with Crippen molar-refractivity contribution >= 4 is 33.1 Å². The maximum Gasteiger partial charge on any atom is 0.276 e. The van der Waals surface area contributed by atoms with E-state index in [9.17, 15) is 9.18 Å². The van der Waals surface area contributed by atoms with Crippen molar-refractivity contribution in [1.82, 2.24) is 9.97 Å². The number of halogens is 1. The molecule has 1 N–H and O–H groups in total. The Morgan fingerprint density at radius 1 is 1.11 bits per heavy atom. The number of hydrogen-bond donors (Lipinski definition) is 1. The molecule has 6 heteroatoms. The molecule has 1 amide bonds. The van der Waals surface area contributed by atoms with Crippen LogP contribution in [0.2, 0.25) is 0 Å². The maximum absolute atomic E-state index is 13.1. The van der Waals surface area contributed by atoms with Crippen LogP contribution in [0, 0.1) is 12.7 Å². The molecule has 0 spiro atoms. The number of nitrogens with zero attached hydrogens (tertiary/aromatic N) is 2. The summed E-state index contributed by atoms with van der Waals surface area (Å²) in [5.41, 5.74) is 2.23. The SMILES string of the molecule is Cc1nc(NC(=O)c2nccc3ccccc23)sc1Cc1ccc(F)cc1. The van der Waals surface area contributed by atoms with Crippen LogP contribution in [0.5, 0.6) is 0 Å². The van der Waals surface area contributed by atoms with Gasteiger partial charge >= 0.3 is 0 Å². The highest BCUT2D eigenvalue weighted by molar-refractivity contribution is 7.15. The van der Waals surface area contributed by atoms with Crippen LogP contribution in [0.15, 0.2) is 60.8 Å². The maximum atomic E-state index is 13.1. The molecule has 0 fully saturated rings. The second kappa shape index (κ2) is 7.25. The molecule has 0 unspecified atom stereocenters. The van der Waals surface area contributed by atoms with E-state index < -0.39 is 0 Å². The first-order valence-corrected chi connectivity index (χ1v) is 9.27. The highest BCUT2D eigenvalue weighted by Crippen LogP contribution is 2.26. The molecule has 0 aliphatic carbocycles. The minimum atomic E-state index is -0.283. The quantitative estimate of drug-likeness (QED) is 0.546. The lowest BCUT2D eigenvalue weighted by atomic mass is 10.1. The number of anilines is 1. The van der Waals surface area contributed by atoms with Gasteiger partial charge in [-0.05, 0) is 36.1 Å². The van der Waals surface area contributed by atoms with Gasteiger partial charge in [-0.1, -0.05) is 36.4 Å². The summed E-state index contributed by atoms with van der Waals surface area (Å²) in [4.78, 5) is 22.4. The molecule has 0 saturated heterocycles. The molecule has 2 heterocycles. The fraction of sp³-hybridized carbons (Fsp3) is 0.0952. The number of carbonyl (C=O) groups excluding carboxylic acids is 1. The predicted octanol–water partition coefficient (Wildman–Crippen LogP) is 4.98. The van der Waals surface area contributed by atoms with E-state index in [1.165, 1.54) is 23.5 Å². The molecule has 0 aliphatic heterocycles. The van der Waals surface area contributed by atoms with Crippen LogP contribution in [-0.4, -0.2) is 15.9 Å². The monoisotopic (exact) mass is 377 g/mol. The van der Waals surface area contributed by atoms with E-state index >= 15 is 0 Å². The molecule has 4 rings (SSSR count). The van der Waals surface area contributed by atoms with Gasteiger partial charge in [0.15, 0.2) is 5.13 Å². The number of amides is 1. The zero-order valence-corrected chi connectivity index (χ0v) is 15.4. The third kappa shape index (κ3) is 3.71. The summed E-state index contributed by atoms with van der Waals surface area (Å²) in [7, 11) is 0. The molecule has 2 aromatic heterocycles. The smallest absolute Gasteiger partial charge is 0.276 e. The Kier molecular flexibility index (Phi) is 4.64. The van der Waals surface area contributed by atoms with Crippen LogP contribution in [0.4, 0.5) is 9.52 Å². The fourth-order valence-electron chi connectivity index (χ4n) is 2.89. The predicted molar refractivity (Wildman–Crippen MR) is 106 cm³/mol. The number of fused-ring (bicyclic) bond motifs is 1. The number of benzene rings is 2. The normalized spacial score (nSPS) is 10.9. The lowest BCUT2D eigenvalue weighted by molar-refractivity contribution is 0.102. The van der Waals surface area contributed by atoms with Gasteiger partial charge < -0.3 is 0 Å². The molecular weight excluding hydrogens is 361 g/mol. The zero-order valence-electron chi connectivity index (χ0n) is 14.6. The standard InChI is InChI=1S/C21H16FN3OS/c1-13-18(12-14-6-8-16(22)9-7-14)27-21(24-13)25-20(26)19-17-5-3-2-4-15(17)10-11-23-19/h2-11H,12H2,1H3,(H,24,25,26). The van der Waals surface area contributed by atoms with Gasteiger partial charge in [0.2, 0.25) is 0 Å². The van der Waals surface area contributed by atoms with Crippen LogP contribution >= 0.6 is 11.3 Å². The van der Waals surface area contributed by atoms with Crippen LogP contribution < -0.4 is 5.32 Å². The van der Waals surface area contributed by atoms with E-state index in [0.29, 0.717) is 17.2 Å². The molecule has 0 bridgehead atoms. The first kappa shape index (κ1) is 17.3. The number of nitrogens with one attached hydrogen (secondary N) is 1. The first-order valence-electron chi connectivity index (χ1n) is 8.46. The molecule has 2 aromatic carbocycles. The Balaban J connectivity index is 1.56. The summed E-state index contributed by atoms with van der Waals surface area (Å²) >= 11 is 1.42. The Hall–Kier alpha value is -3.12. The van der Waals surface area contributed by atoms with Crippen LogP contribution in [0.3, 0.4) is 0 Å². The van der Waals surface area contributed by atoms with Gasteiger partial charge in [0, 0.05) is 22.9 Å². The number of hydrogen-bond acceptors (Lipinski definition) is 4. The molecule has 4 aromatic rings. The van der Waals surface area contributed by atoms with Crippen molar-refractivity contribution in [3.63, 3.8) is 0 Å². The molecule has 0 saturated carbocycles. The van der Waals surface area contributed by atoms with E-state index in [2.05, 4.69) is 15.3 Å². The molecule has 0 atom stereocenters. The fourth-order valence-corrected chi connectivity index (χ4v) is 3.88. The summed E-state index contributed by atoms with van der Waals surface area (Å²) in [5, 5.41) is 5.15. The lowest BCUT2D eigenvalue weighted by Crippen LogP contribution is -2.13. The third-order valence-corrected chi connectivity index (χ3v) is 5.35. The number of pyridine rings is 1. The molecule has 134 valence electrons. The molecule has 27 heavy (non-hydrogen) atoms. The van der Waals surface area contributed by atoms with Crippen LogP contribution in [0.1, 0.15) is 26.6 Å². The summed E-state index contributed by atoms with van der Waals surface area (Å²) in [6, 6.07) is 15.9. The summed E-state index contributed by atoms with van der Waals surface area (Å²) in [5.74, 6) is -0.538. The van der Waals surface area contributed by atoms with E-state index in [0.717, 1.165) is 26.9 Å². The highest BCUT2D eigenvalue weighted by Gasteiger charge is 2.15. The van der Waals surface area contributed by atoms with Crippen molar-refractivity contribution in [3.8, 4) is 0 Å². The molecule has 0 radical (unpaired) electrons. The average Bonchev–Trinajstić information content (AvgIpc) is 3.02. The largest absolute Gasteiger partial charge is 0.296 e. The van der Waals surface area contributed by atoms with Gasteiger partial charge in [-0.15, -0.1) is 11.3 Å². The highest BCUT2D eigenvalue weighted by atomic mass is 32.1. The first-order chi connectivity index (χ1) is 13.1. The topological polar surface area (TPSA) is 54.9 Å². The Morgan fingerprint density at radius 2 is 1.89 bits per heavy atom. The lowest BCUT2D eigenvalue weighted by Gasteiger charge is -2.04. The minimum absolute atomic E-state index is 0.254. The van der Waals surface area contributed by atoms with E-state index in [1.807, 2.05) is 37.3 Å². The minimum Gasteiger partial charge on any atom is -0.296 e. The number of thiazole rings is 1. The third-order valence-electron chi connectivity index (χ3n) is 4.28. The van der Waals surface area contributed by atoms with E-state index in [1.54, 1.807) is 18.3 Å². The summed E-state index contributed by atoms with van der Waals surface area (Å²) in [6.45, 7) is 1.90. The molecule has 4 nitrogen and oxygen atoms in total. The number of carbonyl (C=O) groups is 1. The van der Waals surface area contributed by atoms with Crippen molar-refractivity contribution in [2.75, 3.05) is 5.32 Å². The zero-order chi connectivity index (χ0) is 18.8. The van der Waals surface area contributed by atoms with Gasteiger partial charge in [0.1, 0.15) is 11.5 Å². The van der Waals surface area contributed by atoms with E-state index in [4.69, 9.17) is 0 Å². The molecular formula is C21H16FN3OS. The van der Waals surface area contributed by atoms with Crippen molar-refractivity contribution in [1.29, 1.82) is 0 Å².